The second-order valence-electron chi connectivity index (χ2n) is 6.78. The zero-order valence-corrected chi connectivity index (χ0v) is 16.6. The van der Waals surface area contributed by atoms with E-state index in [2.05, 4.69) is 27.1 Å². The third kappa shape index (κ3) is 5.32. The van der Waals surface area contributed by atoms with Crippen molar-refractivity contribution < 1.29 is 14.0 Å². The first-order valence-electron chi connectivity index (χ1n) is 9.34. The molecule has 2 N–H and O–H groups in total. The number of halogens is 2. The van der Waals surface area contributed by atoms with E-state index < -0.39 is 5.82 Å². The first-order chi connectivity index (χ1) is 14.0. The lowest BCUT2D eigenvalue weighted by atomic mass is 9.95. The van der Waals surface area contributed by atoms with Crippen molar-refractivity contribution >= 4 is 34.9 Å². The van der Waals surface area contributed by atoms with Crippen LogP contribution in [0.2, 0.25) is 5.02 Å². The number of rotatable bonds is 6. The maximum absolute atomic E-state index is 13.2. The summed E-state index contributed by atoms with van der Waals surface area (Å²) in [5, 5.41) is 5.48. The molecule has 0 radical (unpaired) electrons. The third-order valence-electron chi connectivity index (χ3n) is 4.79. The van der Waals surface area contributed by atoms with Crippen molar-refractivity contribution in [1.82, 2.24) is 10.3 Å². The average molecular weight is 417 g/mol. The first-order valence-corrected chi connectivity index (χ1v) is 9.71. The number of piperidine rings is 1. The van der Waals surface area contributed by atoms with Gasteiger partial charge in [-0.05, 0) is 43.2 Å². The van der Waals surface area contributed by atoms with Gasteiger partial charge in [-0.1, -0.05) is 17.7 Å². The number of amides is 2. The van der Waals surface area contributed by atoms with Crippen LogP contribution in [0.25, 0.3) is 0 Å². The number of anilines is 2. The molecule has 1 aromatic carbocycles. The van der Waals surface area contributed by atoms with E-state index in [0.29, 0.717) is 43.7 Å². The Hall–Kier alpha value is -2.93. The number of nitrogens with zero attached hydrogens (tertiary/aromatic N) is 2. The highest BCUT2D eigenvalue weighted by Gasteiger charge is 2.26. The van der Waals surface area contributed by atoms with Crippen LogP contribution in [0.4, 0.5) is 15.9 Å². The van der Waals surface area contributed by atoms with Crippen molar-refractivity contribution in [3.63, 3.8) is 0 Å². The van der Waals surface area contributed by atoms with Crippen molar-refractivity contribution in [3.05, 3.63) is 65.6 Å². The number of aromatic nitrogens is 1. The number of hydrogen-bond acceptors (Lipinski definition) is 4. The summed E-state index contributed by atoms with van der Waals surface area (Å²) in [4.78, 5) is 30.9. The zero-order valence-electron chi connectivity index (χ0n) is 15.8. The fourth-order valence-corrected chi connectivity index (χ4v) is 3.34. The Labute approximate surface area is 173 Å². The molecule has 0 atom stereocenters. The van der Waals surface area contributed by atoms with Crippen LogP contribution in [0.15, 0.2) is 49.2 Å². The molecule has 1 aliphatic heterocycles. The Morgan fingerprint density at radius 2 is 2.03 bits per heavy atom. The lowest BCUT2D eigenvalue weighted by Gasteiger charge is -2.32. The molecule has 2 heterocycles. The number of benzene rings is 1. The van der Waals surface area contributed by atoms with Crippen molar-refractivity contribution in [2.75, 3.05) is 29.9 Å². The van der Waals surface area contributed by atoms with Crippen LogP contribution in [0.5, 0.6) is 0 Å². The highest BCUT2D eigenvalue weighted by atomic mass is 35.5. The highest BCUT2D eigenvalue weighted by molar-refractivity contribution is 6.31. The molecular formula is C21H22ClFN4O2. The van der Waals surface area contributed by atoms with Gasteiger partial charge in [0.05, 0.1) is 10.6 Å². The van der Waals surface area contributed by atoms with Gasteiger partial charge in [-0.25, -0.2) is 9.37 Å². The minimum atomic E-state index is -0.519. The molecule has 0 bridgehead atoms. The van der Waals surface area contributed by atoms with Gasteiger partial charge in [-0.3, -0.25) is 9.59 Å². The predicted octanol–water partition coefficient (Wildman–Crippen LogP) is 3.65. The molecule has 8 heteroatoms. The van der Waals surface area contributed by atoms with E-state index in [0.717, 1.165) is 5.82 Å². The van der Waals surface area contributed by atoms with Gasteiger partial charge in [0.25, 0.3) is 5.91 Å². The number of pyridine rings is 1. The Kier molecular flexibility index (Phi) is 6.82. The average Bonchev–Trinajstić information content (AvgIpc) is 2.75. The summed E-state index contributed by atoms with van der Waals surface area (Å²) in [6.07, 6.45) is 4.50. The number of carbonyl (C=O) groups excluding carboxylic acids is 2. The van der Waals surface area contributed by atoms with Gasteiger partial charge in [0.1, 0.15) is 11.6 Å². The molecule has 1 aromatic heterocycles. The van der Waals surface area contributed by atoms with Gasteiger partial charge in [0.2, 0.25) is 5.91 Å². The van der Waals surface area contributed by atoms with Crippen molar-refractivity contribution in [1.29, 1.82) is 0 Å². The number of hydrogen-bond donors (Lipinski definition) is 2. The van der Waals surface area contributed by atoms with Crippen LogP contribution >= 0.6 is 11.6 Å². The molecule has 29 heavy (non-hydrogen) atoms. The Morgan fingerprint density at radius 3 is 2.66 bits per heavy atom. The molecule has 0 aliphatic carbocycles. The van der Waals surface area contributed by atoms with Gasteiger partial charge in [-0.15, -0.1) is 6.58 Å². The van der Waals surface area contributed by atoms with Gasteiger partial charge in [0, 0.05) is 37.4 Å². The fourth-order valence-electron chi connectivity index (χ4n) is 3.16. The first kappa shape index (κ1) is 20.8. The number of nitrogens with one attached hydrogen (secondary N) is 2. The summed E-state index contributed by atoms with van der Waals surface area (Å²) in [5.74, 6) is -0.182. The van der Waals surface area contributed by atoms with Crippen molar-refractivity contribution in [3.8, 4) is 0 Å². The van der Waals surface area contributed by atoms with Gasteiger partial charge < -0.3 is 15.5 Å². The van der Waals surface area contributed by atoms with E-state index in [1.807, 2.05) is 6.07 Å². The van der Waals surface area contributed by atoms with Crippen LogP contribution < -0.4 is 15.5 Å². The van der Waals surface area contributed by atoms with E-state index in [1.54, 1.807) is 18.3 Å². The second-order valence-corrected chi connectivity index (χ2v) is 7.19. The largest absolute Gasteiger partial charge is 0.357 e. The minimum absolute atomic E-state index is 0.0229. The second kappa shape index (κ2) is 9.52. The summed E-state index contributed by atoms with van der Waals surface area (Å²) in [7, 11) is 0. The Morgan fingerprint density at radius 1 is 1.28 bits per heavy atom. The maximum Gasteiger partial charge on any atom is 0.253 e. The third-order valence-corrected chi connectivity index (χ3v) is 5.08. The molecule has 6 nitrogen and oxygen atoms in total. The van der Waals surface area contributed by atoms with Crippen molar-refractivity contribution in [2.45, 2.75) is 12.8 Å². The molecule has 1 fully saturated rings. The fraction of sp³-hybridized carbons (Fsp3) is 0.286. The van der Waals surface area contributed by atoms with Gasteiger partial charge >= 0.3 is 0 Å². The lowest BCUT2D eigenvalue weighted by molar-refractivity contribution is -0.120. The van der Waals surface area contributed by atoms with E-state index in [9.17, 15) is 14.0 Å². The van der Waals surface area contributed by atoms with Crippen LogP contribution in [0, 0.1) is 11.7 Å². The van der Waals surface area contributed by atoms with E-state index >= 15 is 0 Å². The molecule has 3 rings (SSSR count). The molecule has 0 spiro atoms. The van der Waals surface area contributed by atoms with Crippen LogP contribution in [-0.2, 0) is 4.79 Å². The van der Waals surface area contributed by atoms with Gasteiger partial charge in [-0.2, -0.15) is 0 Å². The monoisotopic (exact) mass is 416 g/mol. The summed E-state index contributed by atoms with van der Waals surface area (Å²) in [5.41, 5.74) is 0.971. The SMILES string of the molecule is C=CCNC(=O)c1ccc(N2CCC(C(=O)Nc3ccc(F)c(Cl)c3)CC2)nc1. The maximum atomic E-state index is 13.2. The van der Waals surface area contributed by atoms with E-state index in [1.165, 1.54) is 18.2 Å². The summed E-state index contributed by atoms with van der Waals surface area (Å²) in [6, 6.07) is 7.67. The molecule has 152 valence electrons. The Bertz CT molecular complexity index is 896. The summed E-state index contributed by atoms with van der Waals surface area (Å²) in [6.45, 7) is 5.32. The Balaban J connectivity index is 1.53. The van der Waals surface area contributed by atoms with Crippen molar-refractivity contribution in [2.24, 2.45) is 5.92 Å². The summed E-state index contributed by atoms with van der Waals surface area (Å²) < 4.78 is 13.2. The molecule has 1 aliphatic rings. The standard InChI is InChI=1S/C21H22ClFN4O2/c1-2-9-24-20(28)15-3-6-19(25-13-15)27-10-7-14(8-11-27)21(29)26-16-4-5-18(23)17(22)12-16/h2-6,12-14H,1,7-11H2,(H,24,28)(H,26,29). The van der Waals surface area contributed by atoms with Gasteiger partial charge in [0.15, 0.2) is 0 Å². The number of carbonyl (C=O) groups is 2. The van der Waals surface area contributed by atoms with Crippen LogP contribution in [0.1, 0.15) is 23.2 Å². The molecule has 0 saturated carbocycles. The van der Waals surface area contributed by atoms with Crippen LogP contribution in [0.3, 0.4) is 0 Å². The topological polar surface area (TPSA) is 74.3 Å². The van der Waals surface area contributed by atoms with Crippen LogP contribution in [-0.4, -0.2) is 36.4 Å². The van der Waals surface area contributed by atoms with E-state index in [-0.39, 0.29) is 22.8 Å². The molecule has 2 amide bonds. The minimum Gasteiger partial charge on any atom is -0.357 e. The quantitative estimate of drug-likeness (QED) is 0.705. The molecule has 0 unspecified atom stereocenters. The lowest BCUT2D eigenvalue weighted by Crippen LogP contribution is -2.38. The predicted molar refractivity (Wildman–Crippen MR) is 112 cm³/mol. The zero-order chi connectivity index (χ0) is 20.8. The highest BCUT2D eigenvalue weighted by Crippen LogP contribution is 2.25. The molecule has 1 saturated heterocycles. The van der Waals surface area contributed by atoms with E-state index in [4.69, 9.17) is 11.6 Å². The molecular weight excluding hydrogens is 395 g/mol. The molecule has 2 aromatic rings. The smallest absolute Gasteiger partial charge is 0.253 e. The summed E-state index contributed by atoms with van der Waals surface area (Å²) >= 11 is 5.76. The normalized spacial score (nSPS) is 14.3.